The first kappa shape index (κ1) is 23.0. The summed E-state index contributed by atoms with van der Waals surface area (Å²) in [4.78, 5) is 17.0. The summed E-state index contributed by atoms with van der Waals surface area (Å²) in [5, 5.41) is 2.73. The predicted molar refractivity (Wildman–Crippen MR) is 115 cm³/mol. The first-order valence-electron chi connectivity index (χ1n) is 10.0. The zero-order valence-corrected chi connectivity index (χ0v) is 18.5. The summed E-state index contributed by atoms with van der Waals surface area (Å²) in [6, 6.07) is 7.75. The molecule has 0 bridgehead atoms. The SMILES string of the molecule is COCCOc1ncccc1C(=O)Nc1ccc(OC)c(S(=O)(=O)N2CCCCC2)c1. The van der Waals surface area contributed by atoms with Crippen molar-refractivity contribution in [3.8, 4) is 11.6 Å². The van der Waals surface area contributed by atoms with E-state index in [1.807, 2.05) is 0 Å². The summed E-state index contributed by atoms with van der Waals surface area (Å²) in [5.74, 6) is -0.0627. The van der Waals surface area contributed by atoms with Gasteiger partial charge in [-0.3, -0.25) is 4.79 Å². The number of amides is 1. The lowest BCUT2D eigenvalue weighted by Gasteiger charge is -2.26. The van der Waals surface area contributed by atoms with E-state index >= 15 is 0 Å². The average Bonchev–Trinajstić information content (AvgIpc) is 2.80. The molecule has 0 unspecified atom stereocenters. The molecule has 0 aliphatic carbocycles. The van der Waals surface area contributed by atoms with Crippen LogP contribution in [0.4, 0.5) is 5.69 Å². The zero-order chi connectivity index (χ0) is 22.3. The van der Waals surface area contributed by atoms with Crippen LogP contribution >= 0.6 is 0 Å². The third kappa shape index (κ3) is 5.52. The largest absolute Gasteiger partial charge is 0.495 e. The molecule has 0 saturated carbocycles. The van der Waals surface area contributed by atoms with Crippen molar-refractivity contribution in [1.29, 1.82) is 0 Å². The van der Waals surface area contributed by atoms with Crippen LogP contribution in [0.5, 0.6) is 11.6 Å². The molecule has 10 heteroatoms. The van der Waals surface area contributed by atoms with Gasteiger partial charge in [0.05, 0.1) is 13.7 Å². The Morgan fingerprint density at radius 2 is 1.90 bits per heavy atom. The van der Waals surface area contributed by atoms with Crippen LogP contribution < -0.4 is 14.8 Å². The van der Waals surface area contributed by atoms with E-state index in [-0.39, 0.29) is 28.7 Å². The van der Waals surface area contributed by atoms with Crippen LogP contribution in [0.2, 0.25) is 0 Å². The standard InChI is InChI=1S/C21H27N3O6S/c1-28-13-14-30-21-17(7-6-10-22-21)20(25)23-16-8-9-18(29-2)19(15-16)31(26,27)24-11-4-3-5-12-24/h6-10,15H,3-5,11-14H2,1-2H3,(H,23,25). The van der Waals surface area contributed by atoms with E-state index in [0.717, 1.165) is 19.3 Å². The number of nitrogens with zero attached hydrogens (tertiary/aromatic N) is 2. The van der Waals surface area contributed by atoms with Crippen molar-refractivity contribution in [1.82, 2.24) is 9.29 Å². The van der Waals surface area contributed by atoms with Crippen LogP contribution in [0.1, 0.15) is 29.6 Å². The third-order valence-electron chi connectivity index (χ3n) is 4.90. The lowest BCUT2D eigenvalue weighted by molar-refractivity contribution is 0.101. The minimum atomic E-state index is -3.74. The van der Waals surface area contributed by atoms with Crippen molar-refractivity contribution in [2.45, 2.75) is 24.2 Å². The highest BCUT2D eigenvalue weighted by Crippen LogP contribution is 2.31. The number of sulfonamides is 1. The summed E-state index contributed by atoms with van der Waals surface area (Å²) in [7, 11) is -0.776. The Labute approximate surface area is 182 Å². The van der Waals surface area contributed by atoms with Gasteiger partial charge in [0.25, 0.3) is 5.91 Å². The zero-order valence-electron chi connectivity index (χ0n) is 17.7. The maximum atomic E-state index is 13.2. The van der Waals surface area contributed by atoms with Gasteiger partial charge >= 0.3 is 0 Å². The third-order valence-corrected chi connectivity index (χ3v) is 6.82. The second-order valence-electron chi connectivity index (χ2n) is 6.98. The van der Waals surface area contributed by atoms with Gasteiger partial charge in [-0.15, -0.1) is 0 Å². The van der Waals surface area contributed by atoms with Gasteiger partial charge in [-0.05, 0) is 43.2 Å². The molecule has 1 amide bonds. The molecule has 0 spiro atoms. The Morgan fingerprint density at radius 1 is 1.13 bits per heavy atom. The molecule has 1 aromatic heterocycles. The van der Waals surface area contributed by atoms with E-state index in [9.17, 15) is 13.2 Å². The topological polar surface area (TPSA) is 107 Å². The molecular formula is C21H27N3O6S. The van der Waals surface area contributed by atoms with Gasteiger partial charge in [-0.25, -0.2) is 13.4 Å². The molecule has 1 saturated heterocycles. The predicted octanol–water partition coefficient (Wildman–Crippen LogP) is 2.54. The lowest BCUT2D eigenvalue weighted by Crippen LogP contribution is -2.35. The van der Waals surface area contributed by atoms with Gasteiger partial charge < -0.3 is 19.5 Å². The molecule has 168 valence electrons. The van der Waals surface area contributed by atoms with Crippen LogP contribution in [0.3, 0.4) is 0 Å². The van der Waals surface area contributed by atoms with E-state index < -0.39 is 15.9 Å². The number of carbonyl (C=O) groups is 1. The van der Waals surface area contributed by atoms with Gasteiger partial charge in [0.2, 0.25) is 15.9 Å². The van der Waals surface area contributed by atoms with Crippen molar-refractivity contribution >= 4 is 21.6 Å². The van der Waals surface area contributed by atoms with Crippen LogP contribution in [0, 0.1) is 0 Å². The molecule has 1 aromatic carbocycles. The second kappa shape index (κ2) is 10.6. The number of rotatable bonds is 9. The van der Waals surface area contributed by atoms with E-state index in [2.05, 4.69) is 10.3 Å². The number of ether oxygens (including phenoxy) is 3. The molecule has 3 rings (SSSR count). The fourth-order valence-electron chi connectivity index (χ4n) is 3.30. The smallest absolute Gasteiger partial charge is 0.261 e. The second-order valence-corrected chi connectivity index (χ2v) is 8.89. The summed E-state index contributed by atoms with van der Waals surface area (Å²) >= 11 is 0. The minimum absolute atomic E-state index is 0.0254. The number of nitrogens with one attached hydrogen (secondary N) is 1. The minimum Gasteiger partial charge on any atom is -0.495 e. The van der Waals surface area contributed by atoms with Gasteiger partial charge in [-0.2, -0.15) is 4.31 Å². The first-order chi connectivity index (χ1) is 15.0. The molecule has 31 heavy (non-hydrogen) atoms. The normalized spacial score (nSPS) is 14.8. The summed E-state index contributed by atoms with van der Waals surface area (Å²) in [6.45, 7) is 1.54. The Morgan fingerprint density at radius 3 is 2.61 bits per heavy atom. The van der Waals surface area contributed by atoms with Crippen LogP contribution in [-0.2, 0) is 14.8 Å². The fourth-order valence-corrected chi connectivity index (χ4v) is 5.00. The molecule has 0 atom stereocenters. The number of benzene rings is 1. The lowest BCUT2D eigenvalue weighted by atomic mass is 10.2. The van der Waals surface area contributed by atoms with Gasteiger partial charge in [0, 0.05) is 32.1 Å². The van der Waals surface area contributed by atoms with E-state index in [1.54, 1.807) is 25.3 Å². The highest BCUT2D eigenvalue weighted by molar-refractivity contribution is 7.89. The van der Waals surface area contributed by atoms with Gasteiger partial charge in [0.15, 0.2) is 0 Å². The Kier molecular flexibility index (Phi) is 7.83. The van der Waals surface area contributed by atoms with E-state index in [0.29, 0.717) is 25.4 Å². The molecule has 1 N–H and O–H groups in total. The molecule has 1 fully saturated rings. The van der Waals surface area contributed by atoms with Crippen LogP contribution in [0.25, 0.3) is 0 Å². The van der Waals surface area contributed by atoms with Crippen molar-refractivity contribution in [3.63, 3.8) is 0 Å². The molecule has 1 aliphatic heterocycles. The number of hydrogen-bond acceptors (Lipinski definition) is 7. The average molecular weight is 450 g/mol. The van der Waals surface area contributed by atoms with Crippen molar-refractivity contribution in [2.75, 3.05) is 45.8 Å². The quantitative estimate of drug-likeness (QED) is 0.586. The molecule has 2 aromatic rings. The molecular weight excluding hydrogens is 422 g/mol. The molecule has 0 radical (unpaired) electrons. The Balaban J connectivity index is 1.85. The number of pyridine rings is 1. The summed E-state index contributed by atoms with van der Waals surface area (Å²) in [5.41, 5.74) is 0.558. The maximum absolute atomic E-state index is 13.2. The van der Waals surface area contributed by atoms with Crippen molar-refractivity contribution in [3.05, 3.63) is 42.1 Å². The first-order valence-corrected chi connectivity index (χ1v) is 11.5. The summed E-state index contributed by atoms with van der Waals surface area (Å²) in [6.07, 6.45) is 4.18. The highest BCUT2D eigenvalue weighted by Gasteiger charge is 2.29. The number of carbonyl (C=O) groups excluding carboxylic acids is 1. The van der Waals surface area contributed by atoms with E-state index in [1.165, 1.54) is 29.7 Å². The fraction of sp³-hybridized carbons (Fsp3) is 0.429. The van der Waals surface area contributed by atoms with E-state index in [4.69, 9.17) is 14.2 Å². The van der Waals surface area contributed by atoms with Crippen LogP contribution in [-0.4, -0.2) is 64.1 Å². The number of hydrogen-bond donors (Lipinski definition) is 1. The van der Waals surface area contributed by atoms with Crippen molar-refractivity contribution in [2.24, 2.45) is 0 Å². The van der Waals surface area contributed by atoms with Crippen molar-refractivity contribution < 1.29 is 27.4 Å². The monoisotopic (exact) mass is 449 g/mol. The number of piperidine rings is 1. The maximum Gasteiger partial charge on any atom is 0.261 e. The Bertz CT molecular complexity index is 1010. The van der Waals surface area contributed by atoms with Crippen LogP contribution in [0.15, 0.2) is 41.4 Å². The Hall–Kier alpha value is -2.69. The number of anilines is 1. The number of methoxy groups -OCH3 is 2. The molecule has 1 aliphatic rings. The van der Waals surface area contributed by atoms with Gasteiger partial charge in [0.1, 0.15) is 22.8 Å². The van der Waals surface area contributed by atoms with Gasteiger partial charge in [-0.1, -0.05) is 6.42 Å². The molecule has 2 heterocycles. The summed E-state index contributed by atoms with van der Waals surface area (Å²) < 4.78 is 43.5. The highest BCUT2D eigenvalue weighted by atomic mass is 32.2. The number of aromatic nitrogens is 1. The molecule has 9 nitrogen and oxygen atoms in total.